The molecule has 21 heavy (non-hydrogen) atoms. The summed E-state index contributed by atoms with van der Waals surface area (Å²) >= 11 is 0. The molecule has 0 amide bonds. The molecule has 10 nitrogen and oxygen atoms in total. The summed E-state index contributed by atoms with van der Waals surface area (Å²) in [6.07, 6.45) is 0. The number of rotatable bonds is 1. The summed E-state index contributed by atoms with van der Waals surface area (Å²) in [6.45, 7) is 2.16. The SMILES string of the molecule is CP(=O)([O-])ON.CP(=O)([O-])[O-].CP(=O)([O-])[O-].[Na+].[Na+].[Na+].[Na+].[Na+]. The third-order valence-electron chi connectivity index (χ3n) is 0.191. The Labute approximate surface area is 234 Å². The zero-order chi connectivity index (χ0) is 14.2. The van der Waals surface area contributed by atoms with Gasteiger partial charge in [0.25, 0.3) is 0 Å². The summed E-state index contributed by atoms with van der Waals surface area (Å²) in [5.74, 6) is 4.23. The van der Waals surface area contributed by atoms with Crippen molar-refractivity contribution in [3.8, 4) is 0 Å². The van der Waals surface area contributed by atoms with E-state index in [0.717, 1.165) is 6.66 Å². The minimum absolute atomic E-state index is 0. The summed E-state index contributed by atoms with van der Waals surface area (Å²) in [5.41, 5.74) is 0. The third-order valence-corrected chi connectivity index (χ3v) is 0.574. The van der Waals surface area contributed by atoms with Crippen molar-refractivity contribution in [2.24, 2.45) is 5.90 Å². The molecule has 0 aromatic heterocycles. The first-order valence-corrected chi connectivity index (χ1v) is 9.19. The molecular formula is C3H11NNa5O9P3. The Morgan fingerprint density at radius 3 is 0.714 bits per heavy atom. The molecule has 1 unspecified atom stereocenters. The molecule has 0 aromatic rings. The van der Waals surface area contributed by atoms with Gasteiger partial charge < -0.3 is 38.2 Å². The van der Waals surface area contributed by atoms with E-state index < -0.39 is 22.8 Å². The first kappa shape index (κ1) is 50.3. The quantitative estimate of drug-likeness (QED) is 0.244. The van der Waals surface area contributed by atoms with Crippen molar-refractivity contribution in [1.82, 2.24) is 0 Å². The molecule has 0 aromatic carbocycles. The summed E-state index contributed by atoms with van der Waals surface area (Å²) < 4.78 is 31.3. The van der Waals surface area contributed by atoms with Gasteiger partial charge in [0, 0.05) is 6.66 Å². The molecule has 102 valence electrons. The standard InChI is InChI=1S/CH6NO3P.2CH5O3P.5Na/c1-6(3,4)5-2;2*1-5(2,3)4;;;;;/h2H2,1H3,(H,3,4);2*1H3,(H2,2,3,4);;;;;/q;;;5*+1/p-5. The van der Waals surface area contributed by atoms with Gasteiger partial charge in [-0.25, -0.2) is 5.90 Å². The minimum atomic E-state index is -4.14. The topological polar surface area (TPSA) is 202 Å². The van der Waals surface area contributed by atoms with Crippen molar-refractivity contribution in [1.29, 1.82) is 0 Å². The Morgan fingerprint density at radius 1 is 0.667 bits per heavy atom. The molecule has 18 heteroatoms. The first-order valence-electron chi connectivity index (χ1n) is 3.22. The maximum atomic E-state index is 9.68. The maximum Gasteiger partial charge on any atom is 1.00 e. The van der Waals surface area contributed by atoms with E-state index in [0.29, 0.717) is 13.3 Å². The van der Waals surface area contributed by atoms with Crippen LogP contribution in [0, 0.1) is 0 Å². The van der Waals surface area contributed by atoms with Crippen molar-refractivity contribution in [3.05, 3.63) is 0 Å². The largest absolute Gasteiger partial charge is 1.00 e. The normalized spacial score (nSPS) is 11.3. The van der Waals surface area contributed by atoms with E-state index in [1.54, 1.807) is 0 Å². The third kappa shape index (κ3) is 197. The molecule has 1 atom stereocenters. The number of nitrogens with two attached hydrogens (primary N) is 1. The zero-order valence-electron chi connectivity index (χ0n) is 13.6. The second-order valence-electron chi connectivity index (χ2n) is 2.42. The van der Waals surface area contributed by atoms with Crippen LogP contribution in [0.25, 0.3) is 0 Å². The fourth-order valence-corrected chi connectivity index (χ4v) is 0. The Bertz CT molecular complexity index is 277. The van der Waals surface area contributed by atoms with Gasteiger partial charge in [0.2, 0.25) is 0 Å². The van der Waals surface area contributed by atoms with Gasteiger partial charge in [-0.3, -0.25) is 4.62 Å². The average Bonchev–Trinajstić information content (AvgIpc) is 1.77. The van der Waals surface area contributed by atoms with Crippen LogP contribution in [-0.2, 0) is 18.3 Å². The van der Waals surface area contributed by atoms with Crippen molar-refractivity contribution >= 4 is 22.8 Å². The van der Waals surface area contributed by atoms with Gasteiger partial charge >= 0.3 is 148 Å². The Hall–Kier alpha value is 5.41. The van der Waals surface area contributed by atoms with Crippen LogP contribution in [0.1, 0.15) is 0 Å². The molecular weight excluding hydrogens is 402 g/mol. The van der Waals surface area contributed by atoms with Crippen LogP contribution in [-0.4, -0.2) is 20.0 Å². The molecule has 0 aliphatic heterocycles. The summed E-state index contributed by atoms with van der Waals surface area (Å²) in [7, 11) is -11.9. The van der Waals surface area contributed by atoms with Crippen LogP contribution in [0.2, 0.25) is 0 Å². The molecule has 0 radical (unpaired) electrons. The fraction of sp³-hybridized carbons (Fsp3) is 1.00. The molecule has 0 aliphatic carbocycles. The van der Waals surface area contributed by atoms with Crippen LogP contribution >= 0.6 is 22.8 Å². The van der Waals surface area contributed by atoms with Gasteiger partial charge in [0.05, 0.1) is 0 Å². The summed E-state index contributed by atoms with van der Waals surface area (Å²) in [6, 6.07) is 0. The number of hydrogen-bond donors (Lipinski definition) is 1. The molecule has 0 aliphatic rings. The number of hydrogen-bond acceptors (Lipinski definition) is 10. The van der Waals surface area contributed by atoms with Crippen molar-refractivity contribution in [3.63, 3.8) is 0 Å². The van der Waals surface area contributed by atoms with Crippen LogP contribution < -0.4 is 178 Å². The smallest absolute Gasteiger partial charge is 0.811 e. The second kappa shape index (κ2) is 25.4. The fourth-order valence-electron chi connectivity index (χ4n) is 0. The Morgan fingerprint density at radius 2 is 0.714 bits per heavy atom. The molecule has 0 saturated heterocycles. The Balaban J connectivity index is -0.0000000181. The molecule has 0 rings (SSSR count). The van der Waals surface area contributed by atoms with Gasteiger partial charge in [0.1, 0.15) is 0 Å². The second-order valence-corrected chi connectivity index (χ2v) is 7.26. The molecule has 0 saturated carbocycles. The van der Waals surface area contributed by atoms with Crippen LogP contribution in [0.5, 0.6) is 0 Å². The minimum Gasteiger partial charge on any atom is -0.811 e. The van der Waals surface area contributed by atoms with Crippen LogP contribution in [0.15, 0.2) is 0 Å². The monoisotopic (exact) mass is 413 g/mol. The summed E-state index contributed by atoms with van der Waals surface area (Å²) in [5, 5.41) is 0. The predicted octanol–water partition coefficient (Wildman–Crippen LogP) is -18.9. The molecule has 0 spiro atoms. The zero-order valence-corrected chi connectivity index (χ0v) is 26.3. The van der Waals surface area contributed by atoms with E-state index >= 15 is 0 Å². The van der Waals surface area contributed by atoms with E-state index in [9.17, 15) is 9.46 Å². The van der Waals surface area contributed by atoms with Crippen molar-refractivity contribution < 1.29 is 191 Å². The average molecular weight is 413 g/mol. The van der Waals surface area contributed by atoms with Crippen LogP contribution in [0.4, 0.5) is 0 Å². The van der Waals surface area contributed by atoms with Gasteiger partial charge in [0.15, 0.2) is 7.60 Å². The van der Waals surface area contributed by atoms with Gasteiger partial charge in [-0.1, -0.05) is 15.2 Å². The molecule has 0 heterocycles. The van der Waals surface area contributed by atoms with Gasteiger partial charge in [-0.2, -0.15) is 0 Å². The van der Waals surface area contributed by atoms with Gasteiger partial charge in [-0.05, 0) is 13.3 Å². The van der Waals surface area contributed by atoms with E-state index in [4.69, 9.17) is 28.7 Å². The van der Waals surface area contributed by atoms with Crippen molar-refractivity contribution in [2.75, 3.05) is 20.0 Å². The first-order chi connectivity index (χ1) is 6.56. The summed E-state index contributed by atoms with van der Waals surface area (Å²) in [4.78, 5) is 46.1. The van der Waals surface area contributed by atoms with E-state index in [2.05, 4.69) is 10.5 Å². The van der Waals surface area contributed by atoms with E-state index in [1.807, 2.05) is 0 Å². The van der Waals surface area contributed by atoms with Crippen LogP contribution in [0.3, 0.4) is 0 Å². The molecule has 0 bridgehead atoms. The maximum absolute atomic E-state index is 9.68. The van der Waals surface area contributed by atoms with Crippen molar-refractivity contribution in [2.45, 2.75) is 0 Å². The van der Waals surface area contributed by atoms with Gasteiger partial charge in [-0.15, -0.1) is 0 Å². The predicted molar refractivity (Wildman–Crippen MR) is 45.9 cm³/mol. The molecule has 2 N–H and O–H groups in total. The molecule has 0 fully saturated rings. The van der Waals surface area contributed by atoms with E-state index in [1.165, 1.54) is 0 Å². The Kier molecular flexibility index (Phi) is 60.9. The van der Waals surface area contributed by atoms with E-state index in [-0.39, 0.29) is 148 Å².